The van der Waals surface area contributed by atoms with Gasteiger partial charge in [0.2, 0.25) is 0 Å². The molecule has 4 heterocycles. The van der Waals surface area contributed by atoms with Crippen molar-refractivity contribution in [3.05, 3.63) is 74.9 Å². The van der Waals surface area contributed by atoms with Gasteiger partial charge in [-0.15, -0.1) is 0 Å². The summed E-state index contributed by atoms with van der Waals surface area (Å²) in [4.78, 5) is 0. The Bertz CT molecular complexity index is 1160. The maximum Gasteiger partial charge on any atom is -1.00 e. The van der Waals surface area contributed by atoms with Crippen LogP contribution in [0.5, 0.6) is 0 Å². The molecule has 0 N–H and O–H groups in total. The van der Waals surface area contributed by atoms with Gasteiger partial charge in [0.05, 0.1) is 12.1 Å². The molecule has 4 aromatic rings. The first-order chi connectivity index (χ1) is 15.4. The Morgan fingerprint density at radius 1 is 0.571 bits per heavy atom. The van der Waals surface area contributed by atoms with Crippen LogP contribution in [0.4, 0.5) is 0 Å². The molecule has 10 nitrogen and oxygen atoms in total. The molecule has 0 spiro atoms. The van der Waals surface area contributed by atoms with Crippen LogP contribution in [-0.4, -0.2) is 24.2 Å². The normalized spacial score (nSPS) is 11.9. The number of hydrogen-bond acceptors (Lipinski definition) is 2. The number of rotatable bonds is 4. The van der Waals surface area contributed by atoms with Crippen molar-refractivity contribution in [1.29, 1.82) is 10.5 Å². The molecule has 0 aliphatic carbocycles. The van der Waals surface area contributed by atoms with E-state index >= 15 is 0 Å². The van der Waals surface area contributed by atoms with E-state index < -0.39 is 5.89 Å². The van der Waals surface area contributed by atoms with E-state index in [1.165, 1.54) is 13.8 Å². The minimum atomic E-state index is -5.28. The molecule has 0 saturated carbocycles. The quantitative estimate of drug-likeness (QED) is 0.161. The molecule has 0 radical (unpaired) electrons. The van der Waals surface area contributed by atoms with Gasteiger partial charge in [0, 0.05) is 13.8 Å². The summed E-state index contributed by atoms with van der Waals surface area (Å²) in [5.41, 5.74) is 0. The average Bonchev–Trinajstić information content (AvgIpc) is 3.52. The van der Waals surface area contributed by atoms with Gasteiger partial charge in [-0.25, -0.2) is 0 Å². The summed E-state index contributed by atoms with van der Waals surface area (Å²) in [5.74, 6) is -5.28. The van der Waals surface area contributed by atoms with E-state index in [-0.39, 0.29) is 34.0 Å². The Hall–Kier alpha value is -2.42. The Morgan fingerprint density at radius 2 is 0.743 bits per heavy atom. The zero-order valence-corrected chi connectivity index (χ0v) is 26.1. The van der Waals surface area contributed by atoms with Crippen molar-refractivity contribution in [2.45, 2.75) is 13.8 Å². The van der Waals surface area contributed by atoms with Gasteiger partial charge in [-0.3, -0.25) is 0 Å². The van der Waals surface area contributed by atoms with Crippen LogP contribution in [0, 0.1) is 22.7 Å². The largest absolute Gasteiger partial charge is 1.00 e. The van der Waals surface area contributed by atoms with Crippen LogP contribution >= 0.6 is 22.2 Å². The standard InChI is InChI=1S/C16H24Cl2N8Si.2C2H3N.2BrH/c1-19-5-9-23(13-19)27(17,18,24-10-6-20(2)14-24,25-11-7-21(3)15-25)26-12-8-22(4)16-26;2*1-2-3;;/h5-16H,1-4H3;2*1H3;2*1H/q+2;;;;/p-2. The first-order valence-corrected chi connectivity index (χ1v) is 14.8. The molecule has 0 saturated heterocycles. The second kappa shape index (κ2) is 11.5. The Balaban J connectivity index is 0.00000132. The van der Waals surface area contributed by atoms with Crippen molar-refractivity contribution in [3.63, 3.8) is 0 Å². The van der Waals surface area contributed by atoms with Gasteiger partial charge in [0.25, 0.3) is 0 Å². The fourth-order valence-corrected chi connectivity index (χ4v) is 10.9. The fourth-order valence-electron chi connectivity index (χ4n) is 3.71. The van der Waals surface area contributed by atoms with Gasteiger partial charge in [-0.1, -0.05) is 0 Å². The molecular formula is C20H30Br2Cl2N10Si. The van der Waals surface area contributed by atoms with Crippen molar-refractivity contribution in [3.8, 4) is 12.1 Å². The minimum Gasteiger partial charge on any atom is -1.00 e. The van der Waals surface area contributed by atoms with Gasteiger partial charge < -0.3 is 34.0 Å². The Labute approximate surface area is 235 Å². The molecule has 4 aromatic heterocycles. The first-order valence-electron chi connectivity index (χ1n) is 9.97. The van der Waals surface area contributed by atoms with E-state index in [2.05, 4.69) is 0 Å². The summed E-state index contributed by atoms with van der Waals surface area (Å²) in [7, 11) is 7.78. The molecule has 192 valence electrons. The van der Waals surface area contributed by atoms with Crippen molar-refractivity contribution >= 4 is 28.1 Å². The van der Waals surface area contributed by atoms with Crippen LogP contribution in [0.3, 0.4) is 0 Å². The molecule has 0 aliphatic heterocycles. The van der Waals surface area contributed by atoms with Crippen molar-refractivity contribution in [2.24, 2.45) is 28.2 Å². The summed E-state index contributed by atoms with van der Waals surface area (Å²) >= 11 is 15.9. The Morgan fingerprint density at radius 3 is 0.857 bits per heavy atom. The van der Waals surface area contributed by atoms with Crippen LogP contribution in [-0.2, 0) is 28.2 Å². The maximum absolute atomic E-state index is 7.93. The summed E-state index contributed by atoms with van der Waals surface area (Å²) in [5, 5.41) is 14.6. The zero-order chi connectivity index (χ0) is 24.9. The molecular weight excluding hydrogens is 639 g/mol. The molecule has 0 aliphatic rings. The molecule has 0 bridgehead atoms. The molecule has 0 aromatic carbocycles. The van der Waals surface area contributed by atoms with E-state index in [1.807, 2.05) is 138 Å². The molecule has 0 unspecified atom stereocenters. The van der Waals surface area contributed by atoms with E-state index in [4.69, 9.17) is 32.7 Å². The summed E-state index contributed by atoms with van der Waals surface area (Å²) < 4.78 is 15.4. The van der Waals surface area contributed by atoms with E-state index in [0.717, 1.165) is 0 Å². The smallest absolute Gasteiger partial charge is 1.00 e. The van der Waals surface area contributed by atoms with Crippen molar-refractivity contribution < 1.29 is 50.9 Å². The molecule has 15 heteroatoms. The van der Waals surface area contributed by atoms with Crippen LogP contribution < -0.4 is 50.9 Å². The van der Waals surface area contributed by atoms with Crippen LogP contribution in [0.2, 0.25) is 0 Å². The Kier molecular flexibility index (Phi) is 10.7. The third-order valence-corrected chi connectivity index (χ3v) is 15.3. The summed E-state index contributed by atoms with van der Waals surface area (Å²) in [6.07, 6.45) is 23.0. The molecule has 0 atom stereocenters. The van der Waals surface area contributed by atoms with Gasteiger partial charge in [-0.05, 0) is 0 Å². The summed E-state index contributed by atoms with van der Waals surface area (Å²) in [6, 6.07) is 3.50. The van der Waals surface area contributed by atoms with E-state index in [0.29, 0.717) is 0 Å². The van der Waals surface area contributed by atoms with E-state index in [9.17, 15) is 0 Å². The van der Waals surface area contributed by atoms with Crippen molar-refractivity contribution in [1.82, 2.24) is 18.3 Å². The molecule has 0 fully saturated rings. The molecule has 0 amide bonds. The van der Waals surface area contributed by atoms with Gasteiger partial charge >= 0.3 is 166 Å². The van der Waals surface area contributed by atoms with E-state index in [1.54, 1.807) is 12.1 Å². The minimum absolute atomic E-state index is 0. The average molecular weight is 669 g/mol. The van der Waals surface area contributed by atoms with Gasteiger partial charge in [0.15, 0.2) is 0 Å². The van der Waals surface area contributed by atoms with Crippen molar-refractivity contribution in [2.75, 3.05) is 0 Å². The zero-order valence-electron chi connectivity index (χ0n) is 20.4. The number of nitriles is 2. The first kappa shape index (κ1) is 32.6. The second-order valence-corrected chi connectivity index (χ2v) is 18.3. The number of aryl methyl sites for hydroxylation is 4. The third kappa shape index (κ3) is 5.10. The number of halogens is 4. The number of imidazole rings is 4. The van der Waals surface area contributed by atoms with Crippen LogP contribution in [0.25, 0.3) is 0 Å². The third-order valence-electron chi connectivity index (χ3n) is 5.24. The molecule has 4 rings (SSSR count). The SMILES string of the molecule is CC#N.CC#N.Cn1cc[n+]([Si-2](Cl)(Cl)([n+]2ccn(C)c2)([n+]2ccn(C)c2)[n+]2ccn(C)c2)c1.[Br-].[Br-]. The maximum atomic E-state index is 7.93. The monoisotopic (exact) mass is 666 g/mol. The fraction of sp³-hybridized carbons (Fsp3) is 0.300. The second-order valence-electron chi connectivity index (χ2n) is 7.74. The summed E-state index contributed by atoms with van der Waals surface area (Å²) in [6.45, 7) is 2.86. The molecule has 35 heavy (non-hydrogen) atoms. The number of hydrogen-bond donors (Lipinski definition) is 0. The number of nitrogens with zero attached hydrogens (tertiary/aromatic N) is 10. The van der Waals surface area contributed by atoms with Gasteiger partial charge in [0.1, 0.15) is 0 Å². The topological polar surface area (TPSA) is 82.8 Å². The predicted molar refractivity (Wildman–Crippen MR) is 124 cm³/mol. The van der Waals surface area contributed by atoms with Crippen LogP contribution in [0.1, 0.15) is 13.8 Å². The number of aromatic nitrogens is 8. The van der Waals surface area contributed by atoms with Crippen LogP contribution in [0.15, 0.2) is 74.9 Å². The predicted octanol–water partition coefficient (Wildman–Crippen LogP) is -5.43. The van der Waals surface area contributed by atoms with Gasteiger partial charge in [-0.2, -0.15) is 10.5 Å².